The number of imidazole rings is 1. The van der Waals surface area contributed by atoms with Crippen LogP contribution in [-0.4, -0.2) is 16.7 Å². The molecular weight excluding hydrogens is 300 g/mol. The Morgan fingerprint density at radius 3 is 2.67 bits per heavy atom. The fourth-order valence-electron chi connectivity index (χ4n) is 2.17. The molecule has 0 radical (unpaired) electrons. The molecule has 7 heteroatoms. The van der Waals surface area contributed by atoms with E-state index in [4.69, 9.17) is 22.1 Å². The summed E-state index contributed by atoms with van der Waals surface area (Å²) in [7, 11) is 1.36. The van der Waals surface area contributed by atoms with E-state index in [2.05, 4.69) is 4.98 Å². The Balaban J connectivity index is 2.33. The van der Waals surface area contributed by atoms with Crippen LogP contribution in [0.2, 0.25) is 5.02 Å². The molecule has 1 aromatic heterocycles. The predicted octanol–water partition coefficient (Wildman–Crippen LogP) is 3.55. The Labute approximate surface area is 123 Å². The fourth-order valence-corrected chi connectivity index (χ4v) is 2.42. The van der Waals surface area contributed by atoms with Gasteiger partial charge in [-0.1, -0.05) is 11.6 Å². The van der Waals surface area contributed by atoms with E-state index in [0.29, 0.717) is 16.7 Å². The average molecular weight is 310 g/mol. The molecule has 0 atom stereocenters. The molecule has 2 N–H and O–H groups in total. The van der Waals surface area contributed by atoms with Crippen LogP contribution in [0.5, 0.6) is 5.75 Å². The van der Waals surface area contributed by atoms with Gasteiger partial charge in [-0.15, -0.1) is 0 Å². The van der Waals surface area contributed by atoms with Crippen LogP contribution in [0, 0.1) is 11.6 Å². The molecule has 0 unspecified atom stereocenters. The number of methoxy groups -OCH3 is 1. The van der Waals surface area contributed by atoms with Crippen molar-refractivity contribution >= 4 is 28.6 Å². The molecule has 0 fully saturated rings. The standard InChI is InChI=1S/C14H10ClF2N3O/c1-21-13-6-12-10(5-9(13)17)19-14(18)20(12)11-3-2-7(16)4-8(11)15/h2-6H,1H3,(H2,18,19). The number of rotatable bonds is 2. The molecule has 3 aromatic rings. The smallest absolute Gasteiger partial charge is 0.205 e. The van der Waals surface area contributed by atoms with Crippen molar-refractivity contribution in [2.75, 3.05) is 12.8 Å². The number of halogens is 3. The quantitative estimate of drug-likeness (QED) is 0.787. The molecule has 0 saturated carbocycles. The molecule has 0 amide bonds. The summed E-state index contributed by atoms with van der Waals surface area (Å²) in [5.74, 6) is -0.830. The van der Waals surface area contributed by atoms with Gasteiger partial charge in [0.25, 0.3) is 0 Å². The van der Waals surface area contributed by atoms with E-state index in [1.165, 1.54) is 42.0 Å². The van der Waals surface area contributed by atoms with Crippen molar-refractivity contribution in [2.24, 2.45) is 0 Å². The lowest BCUT2D eigenvalue weighted by molar-refractivity contribution is 0.387. The van der Waals surface area contributed by atoms with E-state index >= 15 is 0 Å². The summed E-state index contributed by atoms with van der Waals surface area (Å²) in [6.07, 6.45) is 0. The monoisotopic (exact) mass is 309 g/mol. The Bertz CT molecular complexity index is 848. The number of fused-ring (bicyclic) bond motifs is 1. The number of anilines is 1. The third-order valence-corrected chi connectivity index (χ3v) is 3.41. The van der Waals surface area contributed by atoms with E-state index in [9.17, 15) is 8.78 Å². The molecular formula is C14H10ClF2N3O. The van der Waals surface area contributed by atoms with E-state index in [1.54, 1.807) is 0 Å². The maximum absolute atomic E-state index is 13.7. The van der Waals surface area contributed by atoms with Gasteiger partial charge in [-0.2, -0.15) is 0 Å². The third kappa shape index (κ3) is 2.17. The topological polar surface area (TPSA) is 53.1 Å². The first-order valence-corrected chi connectivity index (χ1v) is 6.36. The van der Waals surface area contributed by atoms with Crippen LogP contribution in [0.25, 0.3) is 16.7 Å². The van der Waals surface area contributed by atoms with Crippen molar-refractivity contribution in [3.63, 3.8) is 0 Å². The molecule has 0 spiro atoms. The van der Waals surface area contributed by atoms with Gasteiger partial charge in [0.2, 0.25) is 5.95 Å². The van der Waals surface area contributed by atoms with Gasteiger partial charge in [0.15, 0.2) is 11.6 Å². The van der Waals surface area contributed by atoms with E-state index in [0.717, 1.165) is 0 Å². The number of nitrogen functional groups attached to an aromatic ring is 1. The molecule has 0 saturated heterocycles. The highest BCUT2D eigenvalue weighted by atomic mass is 35.5. The van der Waals surface area contributed by atoms with E-state index < -0.39 is 11.6 Å². The number of ether oxygens (including phenoxy) is 1. The van der Waals surface area contributed by atoms with Crippen LogP contribution in [0.4, 0.5) is 14.7 Å². The van der Waals surface area contributed by atoms with Crippen molar-refractivity contribution in [2.45, 2.75) is 0 Å². The lowest BCUT2D eigenvalue weighted by atomic mass is 10.2. The highest BCUT2D eigenvalue weighted by Gasteiger charge is 2.16. The average Bonchev–Trinajstić information content (AvgIpc) is 2.73. The molecule has 4 nitrogen and oxygen atoms in total. The van der Waals surface area contributed by atoms with Gasteiger partial charge in [-0.05, 0) is 18.2 Å². The molecule has 3 rings (SSSR count). The minimum atomic E-state index is -0.542. The second kappa shape index (κ2) is 4.89. The molecule has 0 aliphatic rings. The Morgan fingerprint density at radius 1 is 1.24 bits per heavy atom. The first kappa shape index (κ1) is 13.6. The fraction of sp³-hybridized carbons (Fsp3) is 0.0714. The van der Waals surface area contributed by atoms with Gasteiger partial charge in [0, 0.05) is 12.1 Å². The lowest BCUT2D eigenvalue weighted by Crippen LogP contribution is -2.01. The van der Waals surface area contributed by atoms with E-state index in [-0.39, 0.29) is 16.7 Å². The summed E-state index contributed by atoms with van der Waals surface area (Å²) in [5.41, 5.74) is 7.19. The van der Waals surface area contributed by atoms with Gasteiger partial charge < -0.3 is 10.5 Å². The summed E-state index contributed by atoms with van der Waals surface area (Å²) in [5, 5.41) is 0.171. The Hall–Kier alpha value is -2.34. The number of hydrogen-bond donors (Lipinski definition) is 1. The second-order valence-corrected chi connectivity index (χ2v) is 4.78. The van der Waals surface area contributed by atoms with Crippen molar-refractivity contribution in [1.82, 2.24) is 9.55 Å². The van der Waals surface area contributed by atoms with Crippen LogP contribution in [-0.2, 0) is 0 Å². The zero-order valence-electron chi connectivity index (χ0n) is 10.9. The maximum Gasteiger partial charge on any atom is 0.205 e. The Morgan fingerprint density at radius 2 is 2.00 bits per heavy atom. The van der Waals surface area contributed by atoms with Gasteiger partial charge in [0.05, 0.1) is 28.9 Å². The summed E-state index contributed by atoms with van der Waals surface area (Å²) < 4.78 is 33.3. The van der Waals surface area contributed by atoms with Gasteiger partial charge in [-0.3, -0.25) is 4.57 Å². The third-order valence-electron chi connectivity index (χ3n) is 3.10. The summed E-state index contributed by atoms with van der Waals surface area (Å²) >= 11 is 6.05. The number of nitrogens with two attached hydrogens (primary N) is 1. The van der Waals surface area contributed by atoms with Crippen LogP contribution in [0.1, 0.15) is 0 Å². The molecule has 108 valence electrons. The summed E-state index contributed by atoms with van der Waals surface area (Å²) in [4.78, 5) is 4.08. The molecule has 2 aromatic carbocycles. The lowest BCUT2D eigenvalue weighted by Gasteiger charge is -2.09. The normalized spacial score (nSPS) is 11.0. The summed E-state index contributed by atoms with van der Waals surface area (Å²) in [6.45, 7) is 0. The van der Waals surface area contributed by atoms with E-state index in [1.807, 2.05) is 0 Å². The largest absolute Gasteiger partial charge is 0.494 e. The van der Waals surface area contributed by atoms with Crippen LogP contribution in [0.3, 0.4) is 0 Å². The first-order valence-electron chi connectivity index (χ1n) is 5.98. The molecule has 21 heavy (non-hydrogen) atoms. The number of aromatic nitrogens is 2. The summed E-state index contributed by atoms with van der Waals surface area (Å²) in [6, 6.07) is 6.59. The molecule has 0 bridgehead atoms. The minimum absolute atomic E-state index is 0.0573. The van der Waals surface area contributed by atoms with Gasteiger partial charge in [0.1, 0.15) is 5.82 Å². The number of nitrogens with zero attached hydrogens (tertiary/aromatic N) is 2. The zero-order valence-corrected chi connectivity index (χ0v) is 11.7. The van der Waals surface area contributed by atoms with Crippen LogP contribution < -0.4 is 10.5 Å². The van der Waals surface area contributed by atoms with Crippen molar-refractivity contribution in [3.05, 3.63) is 47.0 Å². The SMILES string of the molecule is COc1cc2c(cc1F)nc(N)n2-c1ccc(F)cc1Cl. The molecule has 0 aliphatic carbocycles. The van der Waals surface area contributed by atoms with Crippen molar-refractivity contribution in [3.8, 4) is 11.4 Å². The van der Waals surface area contributed by atoms with Crippen LogP contribution in [0.15, 0.2) is 30.3 Å². The minimum Gasteiger partial charge on any atom is -0.494 e. The molecule has 0 aliphatic heterocycles. The van der Waals surface area contributed by atoms with Gasteiger partial charge >= 0.3 is 0 Å². The Kier molecular flexibility index (Phi) is 3.17. The van der Waals surface area contributed by atoms with Crippen molar-refractivity contribution < 1.29 is 13.5 Å². The number of benzene rings is 2. The maximum atomic E-state index is 13.7. The molecule has 1 heterocycles. The highest BCUT2D eigenvalue weighted by Crippen LogP contribution is 2.31. The highest BCUT2D eigenvalue weighted by molar-refractivity contribution is 6.32. The predicted molar refractivity (Wildman–Crippen MR) is 77.0 cm³/mol. The second-order valence-electron chi connectivity index (χ2n) is 4.38. The zero-order chi connectivity index (χ0) is 15.1. The first-order chi connectivity index (χ1) is 10.0. The van der Waals surface area contributed by atoms with Crippen molar-refractivity contribution in [1.29, 1.82) is 0 Å². The van der Waals surface area contributed by atoms with Gasteiger partial charge in [-0.25, -0.2) is 13.8 Å². The number of hydrogen-bond acceptors (Lipinski definition) is 3. The van der Waals surface area contributed by atoms with Crippen LogP contribution >= 0.6 is 11.6 Å².